The lowest BCUT2D eigenvalue weighted by Crippen LogP contribution is -2.52. The Balaban J connectivity index is 1.52. The molecular formula is C16H28N2O2S2. The number of rotatable bonds is 1. The third-order valence-corrected chi connectivity index (χ3v) is 7.61. The summed E-state index contributed by atoms with van der Waals surface area (Å²) in [5, 5.41) is 3.28. The number of hydrogen-bond donors (Lipinski definition) is 1. The molecule has 3 heterocycles. The van der Waals surface area contributed by atoms with Crippen LogP contribution in [0, 0.1) is 0 Å². The zero-order valence-electron chi connectivity index (χ0n) is 13.7. The normalized spacial score (nSPS) is 35.4. The minimum absolute atomic E-state index is 0.0392. The molecule has 3 aliphatic rings. The fourth-order valence-electron chi connectivity index (χ4n) is 3.50. The molecule has 3 aliphatic heterocycles. The van der Waals surface area contributed by atoms with Crippen LogP contribution in [0.4, 0.5) is 4.79 Å². The summed E-state index contributed by atoms with van der Waals surface area (Å²) in [6, 6.07) is 0.412. The monoisotopic (exact) mass is 344 g/mol. The van der Waals surface area contributed by atoms with Crippen molar-refractivity contribution in [2.24, 2.45) is 0 Å². The van der Waals surface area contributed by atoms with Crippen molar-refractivity contribution in [3.63, 3.8) is 0 Å². The van der Waals surface area contributed by atoms with Crippen LogP contribution in [0.5, 0.6) is 0 Å². The van der Waals surface area contributed by atoms with Gasteiger partial charge in [-0.15, -0.1) is 0 Å². The van der Waals surface area contributed by atoms with Crippen LogP contribution in [-0.2, 0) is 4.74 Å². The smallest absolute Gasteiger partial charge is 0.317 e. The first-order chi connectivity index (χ1) is 10.5. The molecule has 3 rings (SSSR count). The maximum absolute atomic E-state index is 12.6. The minimum atomic E-state index is 0.0392. The van der Waals surface area contributed by atoms with Crippen molar-refractivity contribution in [3.05, 3.63) is 0 Å². The molecule has 2 atom stereocenters. The quantitative estimate of drug-likeness (QED) is 0.794. The number of nitrogens with one attached hydrogen (secondary N) is 1. The summed E-state index contributed by atoms with van der Waals surface area (Å²) >= 11 is 3.96. The molecule has 0 aromatic rings. The first kappa shape index (κ1) is 16.8. The molecule has 2 amide bonds. The summed E-state index contributed by atoms with van der Waals surface area (Å²) in [6.07, 6.45) is 4.14. The zero-order valence-corrected chi connectivity index (χ0v) is 15.4. The maximum Gasteiger partial charge on any atom is 0.317 e. The van der Waals surface area contributed by atoms with Gasteiger partial charge < -0.3 is 15.0 Å². The molecule has 0 aromatic carbocycles. The summed E-state index contributed by atoms with van der Waals surface area (Å²) in [7, 11) is 0. The Morgan fingerprint density at radius 2 is 2.14 bits per heavy atom. The Morgan fingerprint density at radius 1 is 1.27 bits per heavy atom. The zero-order chi connectivity index (χ0) is 15.6. The van der Waals surface area contributed by atoms with E-state index < -0.39 is 0 Å². The highest BCUT2D eigenvalue weighted by Gasteiger charge is 2.41. The Hall–Kier alpha value is -0.0700. The van der Waals surface area contributed by atoms with Gasteiger partial charge in [-0.05, 0) is 31.4 Å². The van der Waals surface area contributed by atoms with Gasteiger partial charge in [0.05, 0.1) is 5.60 Å². The summed E-state index contributed by atoms with van der Waals surface area (Å²) in [5.74, 6) is 3.32. The first-order valence-electron chi connectivity index (χ1n) is 8.39. The van der Waals surface area contributed by atoms with Crippen LogP contribution in [0.1, 0.15) is 39.5 Å². The van der Waals surface area contributed by atoms with Gasteiger partial charge >= 0.3 is 6.03 Å². The molecule has 0 aromatic heterocycles. The highest BCUT2D eigenvalue weighted by molar-refractivity contribution is 8.00. The Kier molecular flexibility index (Phi) is 5.20. The lowest BCUT2D eigenvalue weighted by Gasteiger charge is -2.38. The van der Waals surface area contributed by atoms with E-state index in [0.717, 1.165) is 56.9 Å². The molecule has 0 radical (unpaired) electrons. The molecule has 0 bridgehead atoms. The third-order valence-electron chi connectivity index (χ3n) is 5.01. The summed E-state index contributed by atoms with van der Waals surface area (Å²) in [6.45, 7) is 7.08. The van der Waals surface area contributed by atoms with Crippen molar-refractivity contribution in [1.82, 2.24) is 10.2 Å². The predicted octanol–water partition coefficient (Wildman–Crippen LogP) is 2.97. The topological polar surface area (TPSA) is 41.6 Å². The van der Waals surface area contributed by atoms with Gasteiger partial charge in [-0.2, -0.15) is 23.5 Å². The summed E-state index contributed by atoms with van der Waals surface area (Å²) in [4.78, 5) is 14.6. The number of thioether (sulfide) groups is 2. The van der Waals surface area contributed by atoms with Crippen LogP contribution in [0.25, 0.3) is 0 Å². The van der Waals surface area contributed by atoms with Gasteiger partial charge in [-0.3, -0.25) is 0 Å². The maximum atomic E-state index is 12.6. The molecular weight excluding hydrogens is 316 g/mol. The van der Waals surface area contributed by atoms with E-state index in [9.17, 15) is 4.79 Å². The highest BCUT2D eigenvalue weighted by atomic mass is 32.2. The second-order valence-corrected chi connectivity index (χ2v) is 10.2. The van der Waals surface area contributed by atoms with Crippen LogP contribution >= 0.6 is 23.5 Å². The second-order valence-electron chi connectivity index (χ2n) is 7.32. The van der Waals surface area contributed by atoms with Crippen LogP contribution in [0.2, 0.25) is 0 Å². The molecule has 1 spiro atoms. The van der Waals surface area contributed by atoms with Crippen LogP contribution in [-0.4, -0.2) is 64.3 Å². The Morgan fingerprint density at radius 3 is 2.91 bits per heavy atom. The van der Waals surface area contributed by atoms with Gasteiger partial charge in [0.2, 0.25) is 0 Å². The molecule has 3 saturated heterocycles. The molecule has 0 unspecified atom stereocenters. The molecule has 3 fully saturated rings. The van der Waals surface area contributed by atoms with E-state index in [0.29, 0.717) is 4.75 Å². The molecule has 22 heavy (non-hydrogen) atoms. The van der Waals surface area contributed by atoms with E-state index >= 15 is 0 Å². The van der Waals surface area contributed by atoms with E-state index in [1.165, 1.54) is 5.75 Å². The number of amides is 2. The van der Waals surface area contributed by atoms with Crippen molar-refractivity contribution in [1.29, 1.82) is 0 Å². The number of nitrogens with zero attached hydrogens (tertiary/aromatic N) is 1. The molecule has 0 aliphatic carbocycles. The van der Waals surface area contributed by atoms with Crippen LogP contribution in [0.3, 0.4) is 0 Å². The van der Waals surface area contributed by atoms with Crippen LogP contribution in [0.15, 0.2) is 0 Å². The number of urea groups is 1. The molecule has 6 heteroatoms. The molecule has 126 valence electrons. The lowest BCUT2D eigenvalue weighted by molar-refractivity contribution is -0.0688. The number of carbonyl (C=O) groups excluding carboxylic acids is 1. The fourth-order valence-corrected chi connectivity index (χ4v) is 5.98. The first-order valence-corrected chi connectivity index (χ1v) is 10.5. The SMILES string of the molecule is CC1(C)CCN(C(=O)N[C@@H]2CCO[C@@]3(CCSC3)C2)CCS1. The van der Waals surface area contributed by atoms with E-state index in [2.05, 4.69) is 19.2 Å². The Labute approximate surface area is 142 Å². The van der Waals surface area contributed by atoms with Crippen molar-refractivity contribution in [3.8, 4) is 0 Å². The van der Waals surface area contributed by atoms with Gasteiger partial charge in [0.15, 0.2) is 0 Å². The number of ether oxygens (including phenoxy) is 1. The highest BCUT2D eigenvalue weighted by Crippen LogP contribution is 2.38. The van der Waals surface area contributed by atoms with Crippen molar-refractivity contribution >= 4 is 29.6 Å². The van der Waals surface area contributed by atoms with Crippen molar-refractivity contribution < 1.29 is 9.53 Å². The van der Waals surface area contributed by atoms with E-state index in [-0.39, 0.29) is 17.7 Å². The lowest BCUT2D eigenvalue weighted by atomic mass is 9.90. The standard InChI is InChI=1S/C16H28N2O2S2/c1-15(2)4-6-18(7-10-22-15)14(19)17-13-3-8-20-16(11-13)5-9-21-12-16/h13H,3-12H2,1-2H3,(H,17,19)/t13-,16+/m1/s1. The van der Waals surface area contributed by atoms with Gasteiger partial charge in [0.25, 0.3) is 0 Å². The van der Waals surface area contributed by atoms with Gasteiger partial charge in [0.1, 0.15) is 0 Å². The average Bonchev–Trinajstić information content (AvgIpc) is 2.81. The summed E-state index contributed by atoms with van der Waals surface area (Å²) in [5.41, 5.74) is 0.0392. The van der Waals surface area contributed by atoms with Gasteiger partial charge in [-0.25, -0.2) is 4.79 Å². The van der Waals surface area contributed by atoms with Crippen LogP contribution < -0.4 is 5.32 Å². The molecule has 1 N–H and O–H groups in total. The second kappa shape index (κ2) is 6.81. The summed E-state index contributed by atoms with van der Waals surface area (Å²) < 4.78 is 6.33. The predicted molar refractivity (Wildman–Crippen MR) is 94.9 cm³/mol. The van der Waals surface area contributed by atoms with E-state index in [1.54, 1.807) is 0 Å². The Bertz CT molecular complexity index is 411. The largest absolute Gasteiger partial charge is 0.374 e. The average molecular weight is 345 g/mol. The van der Waals surface area contributed by atoms with E-state index in [1.807, 2.05) is 28.4 Å². The fraction of sp³-hybridized carbons (Fsp3) is 0.938. The van der Waals surface area contributed by atoms with Crippen molar-refractivity contribution in [2.75, 3.05) is 37.0 Å². The molecule has 0 saturated carbocycles. The number of hydrogen-bond acceptors (Lipinski definition) is 4. The molecule has 4 nitrogen and oxygen atoms in total. The number of carbonyl (C=O) groups is 1. The minimum Gasteiger partial charge on any atom is -0.374 e. The van der Waals surface area contributed by atoms with E-state index in [4.69, 9.17) is 4.74 Å². The van der Waals surface area contributed by atoms with Gasteiger partial charge in [-0.1, -0.05) is 13.8 Å². The third kappa shape index (κ3) is 4.06. The van der Waals surface area contributed by atoms with Gasteiger partial charge in [0, 0.05) is 42.0 Å². The van der Waals surface area contributed by atoms with Crippen molar-refractivity contribution in [2.45, 2.75) is 55.9 Å².